The first-order valence-electron chi connectivity index (χ1n) is 0.647. The molecule has 0 aromatic carbocycles. The summed E-state index contributed by atoms with van der Waals surface area (Å²) in [5.41, 5.74) is 0. The Morgan fingerprint density at radius 3 is 1.25 bits per heavy atom. The molecule has 0 aliphatic carbocycles. The molecule has 0 aliphatic heterocycles. The SMILES string of the molecule is N=PP=N. The van der Waals surface area contributed by atoms with E-state index in [1.54, 1.807) is 0 Å². The van der Waals surface area contributed by atoms with Crippen molar-refractivity contribution in [3.05, 3.63) is 0 Å². The van der Waals surface area contributed by atoms with Crippen LogP contribution in [0.4, 0.5) is 0 Å². The van der Waals surface area contributed by atoms with E-state index < -0.39 is 0 Å². The van der Waals surface area contributed by atoms with Crippen molar-refractivity contribution in [2.75, 3.05) is 0 Å². The van der Waals surface area contributed by atoms with Crippen LogP contribution in [0.2, 0.25) is 0 Å². The predicted molar refractivity (Wildman–Crippen MR) is 19.3 cm³/mol. The number of hydrogen-bond acceptors (Lipinski definition) is 2. The molecule has 0 heterocycles. The van der Waals surface area contributed by atoms with Crippen LogP contribution in [0.15, 0.2) is 0 Å². The minimum Gasteiger partial charge on any atom is -0.274 e. The standard InChI is InChI=1S/H2N2P2/c1-3-4-2/h1-2H. The minimum atomic E-state index is 0.387. The van der Waals surface area contributed by atoms with E-state index in [-0.39, 0.29) is 0 Å². The maximum Gasteiger partial charge on any atom is 0.0808 e. The van der Waals surface area contributed by atoms with Gasteiger partial charge in [0.1, 0.15) is 0 Å². The first-order valence-corrected chi connectivity index (χ1v) is 3.14. The van der Waals surface area contributed by atoms with Gasteiger partial charge in [0.05, 0.1) is 16.1 Å². The van der Waals surface area contributed by atoms with E-state index >= 15 is 0 Å². The minimum absolute atomic E-state index is 0.387. The van der Waals surface area contributed by atoms with Gasteiger partial charge in [0.2, 0.25) is 0 Å². The quantitative estimate of drug-likeness (QED) is 0.466. The molecule has 22 valence electrons. The molecule has 2 nitrogen and oxygen atoms in total. The molecule has 0 amide bonds. The summed E-state index contributed by atoms with van der Waals surface area (Å²) in [4.78, 5) is 0. The molecule has 0 unspecified atom stereocenters. The fraction of sp³-hybridized carbons (Fsp3) is 0. The van der Waals surface area contributed by atoms with Gasteiger partial charge in [-0.3, -0.25) is 10.3 Å². The third-order valence-electron chi connectivity index (χ3n) is 0.0500. The molecular weight excluding hydrogens is 90.0 g/mol. The molecule has 0 aromatic heterocycles. The van der Waals surface area contributed by atoms with Crippen molar-refractivity contribution in [1.82, 2.24) is 0 Å². The highest BCUT2D eigenvalue weighted by molar-refractivity contribution is 8.00. The molecule has 0 radical (unpaired) electrons. The largest absolute Gasteiger partial charge is 0.274 e. The average molecular weight is 92.0 g/mol. The summed E-state index contributed by atoms with van der Waals surface area (Å²) in [5.74, 6) is 0. The lowest BCUT2D eigenvalue weighted by Crippen LogP contribution is -0.743. The zero-order valence-electron chi connectivity index (χ0n) is 1.89. The second-order valence-corrected chi connectivity index (χ2v) is 1.80. The third kappa shape index (κ3) is 2.20. The summed E-state index contributed by atoms with van der Waals surface area (Å²) in [6.07, 6.45) is 0. The van der Waals surface area contributed by atoms with Crippen molar-refractivity contribution >= 4 is 16.1 Å². The lowest BCUT2D eigenvalue weighted by atomic mass is 14.0. The zero-order valence-corrected chi connectivity index (χ0v) is 3.68. The average Bonchev–Trinajstić information content (AvgIpc) is 1.37. The summed E-state index contributed by atoms with van der Waals surface area (Å²) in [6.45, 7) is 0. The Hall–Kier alpha value is 0.200. The Kier molecular flexibility index (Phi) is 3.36. The van der Waals surface area contributed by atoms with Crippen LogP contribution in [0, 0.1) is 10.3 Å². The van der Waals surface area contributed by atoms with Crippen LogP contribution >= 0.6 is 16.1 Å². The third-order valence-corrected chi connectivity index (χ3v) is 0.450. The monoisotopic (exact) mass is 92.0 g/mol. The van der Waals surface area contributed by atoms with Crippen molar-refractivity contribution in [2.45, 2.75) is 0 Å². The molecule has 0 rings (SSSR count). The second-order valence-electron chi connectivity index (χ2n) is 0.200. The molecule has 0 bridgehead atoms. The van der Waals surface area contributed by atoms with E-state index in [2.05, 4.69) is 0 Å². The van der Waals surface area contributed by atoms with Crippen molar-refractivity contribution in [3.63, 3.8) is 0 Å². The van der Waals surface area contributed by atoms with Gasteiger partial charge in [0.15, 0.2) is 0 Å². The van der Waals surface area contributed by atoms with Gasteiger partial charge in [0.25, 0.3) is 0 Å². The summed E-state index contributed by atoms with van der Waals surface area (Å²) in [5, 5.41) is 12.4. The van der Waals surface area contributed by atoms with Gasteiger partial charge in [-0.05, 0) is 0 Å². The Bertz CT molecular complexity index is 25.0. The Morgan fingerprint density at radius 1 is 1.00 bits per heavy atom. The molecule has 0 spiro atoms. The van der Waals surface area contributed by atoms with Gasteiger partial charge in [-0.25, -0.2) is 0 Å². The Morgan fingerprint density at radius 2 is 1.25 bits per heavy atom. The molecule has 0 aromatic rings. The van der Waals surface area contributed by atoms with Crippen molar-refractivity contribution in [1.29, 1.82) is 10.3 Å². The molecule has 2 N–H and O–H groups in total. The van der Waals surface area contributed by atoms with Crippen molar-refractivity contribution < 1.29 is 0 Å². The van der Waals surface area contributed by atoms with Crippen LogP contribution in [0.25, 0.3) is 0 Å². The van der Waals surface area contributed by atoms with Crippen LogP contribution in [-0.2, 0) is 0 Å². The molecule has 0 saturated carbocycles. The maximum absolute atomic E-state index is 6.22. The molecule has 0 saturated heterocycles. The van der Waals surface area contributed by atoms with Gasteiger partial charge < -0.3 is 0 Å². The van der Waals surface area contributed by atoms with Crippen LogP contribution in [0.3, 0.4) is 0 Å². The van der Waals surface area contributed by atoms with Crippen LogP contribution in [0.1, 0.15) is 0 Å². The number of rotatable bonds is 1. The van der Waals surface area contributed by atoms with E-state index in [1.165, 1.54) is 0 Å². The first-order chi connectivity index (χ1) is 1.91. The van der Waals surface area contributed by atoms with Gasteiger partial charge in [0, 0.05) is 0 Å². The number of hydrogen-bond donors (Lipinski definition) is 2. The van der Waals surface area contributed by atoms with Crippen LogP contribution < -0.4 is 0 Å². The van der Waals surface area contributed by atoms with E-state index in [0.29, 0.717) is 16.1 Å². The lowest BCUT2D eigenvalue weighted by molar-refractivity contribution is 1.64. The summed E-state index contributed by atoms with van der Waals surface area (Å²) in [6, 6.07) is 0. The maximum atomic E-state index is 6.22. The van der Waals surface area contributed by atoms with E-state index in [0.717, 1.165) is 0 Å². The van der Waals surface area contributed by atoms with Crippen LogP contribution in [-0.4, -0.2) is 0 Å². The second kappa shape index (κ2) is 3.20. The fourth-order valence-electron chi connectivity index (χ4n) is 0. The van der Waals surface area contributed by atoms with Crippen LogP contribution in [0.5, 0.6) is 0 Å². The Labute approximate surface area is 27.5 Å². The van der Waals surface area contributed by atoms with E-state index in [4.69, 9.17) is 10.3 Å². The van der Waals surface area contributed by atoms with Gasteiger partial charge in [-0.1, -0.05) is 0 Å². The summed E-state index contributed by atoms with van der Waals surface area (Å²) >= 11 is 0. The lowest BCUT2D eigenvalue weighted by Gasteiger charge is -1.37. The predicted octanol–water partition coefficient (Wildman–Crippen LogP) is 2.32. The van der Waals surface area contributed by atoms with Gasteiger partial charge in [-0.2, -0.15) is 0 Å². The molecular formula is H2N2P2. The highest BCUT2D eigenvalue weighted by Crippen LogP contribution is 2.11. The first kappa shape index (κ1) is 4.20. The van der Waals surface area contributed by atoms with E-state index in [9.17, 15) is 0 Å². The summed E-state index contributed by atoms with van der Waals surface area (Å²) < 4.78 is 0. The molecule has 0 fully saturated rings. The van der Waals surface area contributed by atoms with Gasteiger partial charge >= 0.3 is 0 Å². The molecule has 4 heteroatoms. The van der Waals surface area contributed by atoms with E-state index in [1.807, 2.05) is 0 Å². The molecule has 0 aliphatic rings. The number of nitrogens with one attached hydrogen (secondary N) is 2. The summed E-state index contributed by atoms with van der Waals surface area (Å²) in [7, 11) is 0.775. The Balaban J connectivity index is 2.73. The topological polar surface area (TPSA) is 47.7 Å². The van der Waals surface area contributed by atoms with Gasteiger partial charge in [-0.15, -0.1) is 0 Å². The van der Waals surface area contributed by atoms with Crippen molar-refractivity contribution in [2.24, 2.45) is 0 Å². The molecule has 0 atom stereocenters. The van der Waals surface area contributed by atoms with Crippen molar-refractivity contribution in [3.8, 4) is 0 Å². The smallest absolute Gasteiger partial charge is 0.0808 e. The highest BCUT2D eigenvalue weighted by Gasteiger charge is 1.38. The zero-order chi connectivity index (χ0) is 3.41. The normalized spacial score (nSPS) is 9.00. The fourth-order valence-corrected chi connectivity index (χ4v) is 0. The highest BCUT2D eigenvalue weighted by atomic mass is 32.0. The molecule has 4 heavy (non-hydrogen) atoms.